The van der Waals surface area contributed by atoms with Gasteiger partial charge in [-0.2, -0.15) is 8.42 Å². The Morgan fingerprint density at radius 2 is 1.20 bits per heavy atom. The van der Waals surface area contributed by atoms with E-state index in [0.29, 0.717) is 5.41 Å². The van der Waals surface area contributed by atoms with Crippen LogP contribution in [0.25, 0.3) is 0 Å². The first-order valence-corrected chi connectivity index (χ1v) is 7.73. The molecule has 2 aromatic carbocycles. The summed E-state index contributed by atoms with van der Waals surface area (Å²) in [5.74, 6) is 0. The Kier molecular flexibility index (Phi) is 5.48. The minimum Gasteiger partial charge on any atom is -0.282 e. The van der Waals surface area contributed by atoms with E-state index in [1.54, 1.807) is 18.2 Å². The largest absolute Gasteiger partial charge is 0.294 e. The molecule has 0 spiro atoms. The van der Waals surface area contributed by atoms with Crippen LogP contribution in [-0.4, -0.2) is 13.0 Å². The van der Waals surface area contributed by atoms with Crippen LogP contribution in [0.4, 0.5) is 0 Å². The first-order chi connectivity index (χ1) is 9.21. The molecule has 3 nitrogen and oxygen atoms in total. The Bertz CT molecular complexity index is 612. The molecule has 0 aliphatic heterocycles. The maximum atomic E-state index is 10.4. The third kappa shape index (κ3) is 5.55. The molecule has 0 unspecified atom stereocenters. The summed E-state index contributed by atoms with van der Waals surface area (Å²) >= 11 is 0. The molecule has 0 saturated carbocycles. The van der Waals surface area contributed by atoms with Gasteiger partial charge in [-0.25, -0.2) is 0 Å². The second-order valence-corrected chi connectivity index (χ2v) is 6.83. The summed E-state index contributed by atoms with van der Waals surface area (Å²) < 4.78 is 29.2. The highest BCUT2D eigenvalue weighted by Gasteiger charge is 2.11. The fourth-order valence-corrected chi connectivity index (χ4v) is 2.03. The van der Waals surface area contributed by atoms with E-state index in [-0.39, 0.29) is 4.90 Å². The van der Waals surface area contributed by atoms with Crippen molar-refractivity contribution < 1.29 is 13.0 Å². The normalized spacial score (nSPS) is 11.4. The summed E-state index contributed by atoms with van der Waals surface area (Å²) in [6.45, 7) is 6.67. The summed E-state index contributed by atoms with van der Waals surface area (Å²) in [5.41, 5.74) is 1.69. The average molecular weight is 292 g/mol. The molecule has 0 fully saturated rings. The van der Waals surface area contributed by atoms with Gasteiger partial charge in [0.1, 0.15) is 0 Å². The molecule has 0 radical (unpaired) electrons. The molecule has 0 bridgehead atoms. The van der Waals surface area contributed by atoms with Crippen LogP contribution in [0, 0.1) is 0 Å². The predicted octanol–water partition coefficient (Wildman–Crippen LogP) is 3.92. The molecule has 0 atom stereocenters. The highest BCUT2D eigenvalue weighted by molar-refractivity contribution is 7.85. The van der Waals surface area contributed by atoms with E-state index in [1.165, 1.54) is 17.7 Å². The second kappa shape index (κ2) is 6.68. The molecule has 0 aliphatic carbocycles. The zero-order chi connectivity index (χ0) is 15.2. The number of benzene rings is 2. The van der Waals surface area contributed by atoms with Crippen LogP contribution in [0.2, 0.25) is 0 Å². The second-order valence-electron chi connectivity index (χ2n) is 5.40. The van der Waals surface area contributed by atoms with Gasteiger partial charge in [0.15, 0.2) is 0 Å². The monoisotopic (exact) mass is 292 g/mol. The fraction of sp³-hybridized carbons (Fsp3) is 0.250. The first-order valence-electron chi connectivity index (χ1n) is 6.29. The van der Waals surface area contributed by atoms with Crippen LogP contribution < -0.4 is 0 Å². The maximum Gasteiger partial charge on any atom is 0.294 e. The van der Waals surface area contributed by atoms with Gasteiger partial charge in [-0.15, -0.1) is 0 Å². The van der Waals surface area contributed by atoms with Gasteiger partial charge in [0.05, 0.1) is 4.90 Å². The van der Waals surface area contributed by atoms with Gasteiger partial charge < -0.3 is 0 Å². The zero-order valence-electron chi connectivity index (χ0n) is 11.9. The van der Waals surface area contributed by atoms with Gasteiger partial charge >= 0.3 is 0 Å². The molecule has 1 N–H and O–H groups in total. The molecule has 0 saturated heterocycles. The van der Waals surface area contributed by atoms with Crippen molar-refractivity contribution in [1.82, 2.24) is 0 Å². The van der Waals surface area contributed by atoms with E-state index >= 15 is 0 Å². The summed E-state index contributed by atoms with van der Waals surface area (Å²) in [6, 6.07) is 18.0. The van der Waals surface area contributed by atoms with Crippen LogP contribution in [0.1, 0.15) is 26.3 Å². The molecule has 4 heteroatoms. The molecule has 2 rings (SSSR count). The Labute approximate surface area is 121 Å². The van der Waals surface area contributed by atoms with Crippen LogP contribution in [-0.2, 0) is 15.5 Å². The van der Waals surface area contributed by atoms with Crippen LogP contribution in [0.3, 0.4) is 0 Å². The van der Waals surface area contributed by atoms with Gasteiger partial charge in [0.2, 0.25) is 0 Å². The van der Waals surface area contributed by atoms with E-state index in [4.69, 9.17) is 4.55 Å². The van der Waals surface area contributed by atoms with Crippen molar-refractivity contribution in [2.24, 2.45) is 0 Å². The van der Waals surface area contributed by atoms with Crippen molar-refractivity contribution in [2.75, 3.05) is 0 Å². The van der Waals surface area contributed by atoms with Crippen molar-refractivity contribution in [2.45, 2.75) is 31.1 Å². The molecule has 2 aromatic rings. The SMILES string of the molecule is CC(C)(C)c1ccccc1.O=S(=O)(O)c1ccccc1. The fourth-order valence-electron chi connectivity index (χ4n) is 1.53. The minimum atomic E-state index is -4.00. The van der Waals surface area contributed by atoms with Gasteiger partial charge in [-0.3, -0.25) is 4.55 Å². The minimum absolute atomic E-state index is 0.0741. The smallest absolute Gasteiger partial charge is 0.282 e. The Balaban J connectivity index is 0.000000200. The van der Waals surface area contributed by atoms with Crippen LogP contribution in [0.15, 0.2) is 65.6 Å². The van der Waals surface area contributed by atoms with Gasteiger partial charge in [-0.05, 0) is 23.1 Å². The van der Waals surface area contributed by atoms with Crippen molar-refractivity contribution >= 4 is 10.1 Å². The quantitative estimate of drug-likeness (QED) is 0.811. The van der Waals surface area contributed by atoms with E-state index < -0.39 is 10.1 Å². The van der Waals surface area contributed by atoms with Gasteiger partial charge in [0.25, 0.3) is 10.1 Å². The molecule has 0 heterocycles. The average Bonchev–Trinajstić information content (AvgIpc) is 2.40. The summed E-state index contributed by atoms with van der Waals surface area (Å²) in [4.78, 5) is -0.0741. The van der Waals surface area contributed by atoms with E-state index in [1.807, 2.05) is 0 Å². The molecule has 108 valence electrons. The third-order valence-corrected chi connectivity index (χ3v) is 3.55. The lowest BCUT2D eigenvalue weighted by Gasteiger charge is -2.18. The molecule has 0 aliphatic rings. The van der Waals surface area contributed by atoms with Crippen LogP contribution >= 0.6 is 0 Å². The van der Waals surface area contributed by atoms with E-state index in [2.05, 4.69) is 51.1 Å². The van der Waals surface area contributed by atoms with Crippen molar-refractivity contribution in [3.8, 4) is 0 Å². The molecular weight excluding hydrogens is 272 g/mol. The highest BCUT2D eigenvalue weighted by Crippen LogP contribution is 2.20. The zero-order valence-corrected chi connectivity index (χ0v) is 12.8. The molecule has 0 aromatic heterocycles. The molecule has 20 heavy (non-hydrogen) atoms. The number of hydrogen-bond donors (Lipinski definition) is 1. The van der Waals surface area contributed by atoms with Gasteiger partial charge in [0, 0.05) is 0 Å². The summed E-state index contributed by atoms with van der Waals surface area (Å²) in [5, 5.41) is 0. The van der Waals surface area contributed by atoms with Crippen molar-refractivity contribution in [3.63, 3.8) is 0 Å². The Morgan fingerprint density at radius 1 is 0.800 bits per heavy atom. The lowest BCUT2D eigenvalue weighted by Crippen LogP contribution is -2.10. The van der Waals surface area contributed by atoms with Gasteiger partial charge in [-0.1, -0.05) is 69.3 Å². The lowest BCUT2D eigenvalue weighted by atomic mass is 9.87. The standard InChI is InChI=1S/C10H14.C6H6O3S/c1-10(2,3)9-7-5-4-6-8-9;7-10(8,9)6-4-2-1-3-5-6/h4-8H,1-3H3;1-5H,(H,7,8,9). The van der Waals surface area contributed by atoms with E-state index in [9.17, 15) is 8.42 Å². The maximum absolute atomic E-state index is 10.4. The topological polar surface area (TPSA) is 54.4 Å². The third-order valence-electron chi connectivity index (χ3n) is 2.68. The molecular formula is C16H20O3S. The Morgan fingerprint density at radius 3 is 1.45 bits per heavy atom. The first kappa shape index (κ1) is 16.4. The predicted molar refractivity (Wildman–Crippen MR) is 81.4 cm³/mol. The highest BCUT2D eigenvalue weighted by atomic mass is 32.2. The van der Waals surface area contributed by atoms with E-state index in [0.717, 1.165) is 0 Å². The van der Waals surface area contributed by atoms with Crippen LogP contribution in [0.5, 0.6) is 0 Å². The lowest BCUT2D eigenvalue weighted by molar-refractivity contribution is 0.483. The summed E-state index contributed by atoms with van der Waals surface area (Å²) in [7, 11) is -4.00. The number of hydrogen-bond acceptors (Lipinski definition) is 2. The summed E-state index contributed by atoms with van der Waals surface area (Å²) in [6.07, 6.45) is 0. The molecule has 0 amide bonds. The number of rotatable bonds is 1. The Hall–Kier alpha value is -1.65. The van der Waals surface area contributed by atoms with Crippen molar-refractivity contribution in [1.29, 1.82) is 0 Å². The van der Waals surface area contributed by atoms with Crippen molar-refractivity contribution in [3.05, 3.63) is 66.2 Å².